The summed E-state index contributed by atoms with van der Waals surface area (Å²) in [6.45, 7) is 22.5. The zero-order valence-electron chi connectivity index (χ0n) is 33.7. The molecule has 0 bridgehead atoms. The van der Waals surface area contributed by atoms with E-state index in [1.54, 1.807) is 24.3 Å². The van der Waals surface area contributed by atoms with Crippen LogP contribution in [0.2, 0.25) is 0 Å². The smallest absolute Gasteiger partial charge is 0.261 e. The van der Waals surface area contributed by atoms with Crippen molar-refractivity contribution in [2.24, 2.45) is 35.5 Å². The lowest BCUT2D eigenvalue weighted by Crippen LogP contribution is -2.29. The molecule has 3 atom stereocenters. The lowest BCUT2D eigenvalue weighted by molar-refractivity contribution is 0.0641. The molecule has 0 fully saturated rings. The zero-order valence-corrected chi connectivity index (χ0v) is 33.7. The fourth-order valence-electron chi connectivity index (χ4n) is 6.80. The number of benzene rings is 2. The second kappa shape index (κ2) is 22.1. The maximum atomic E-state index is 13.3. The van der Waals surface area contributed by atoms with Gasteiger partial charge in [-0.3, -0.25) is 14.5 Å². The molecule has 0 saturated heterocycles. The van der Waals surface area contributed by atoms with Crippen LogP contribution in [0.4, 0.5) is 0 Å². The van der Waals surface area contributed by atoms with Crippen LogP contribution in [0.1, 0.15) is 166 Å². The molecule has 1 heterocycles. The maximum absolute atomic E-state index is 13.3. The van der Waals surface area contributed by atoms with E-state index in [4.69, 9.17) is 14.2 Å². The third-order valence-corrected chi connectivity index (χ3v) is 10.3. The molecule has 0 saturated carbocycles. The van der Waals surface area contributed by atoms with Crippen LogP contribution in [0.25, 0.3) is 0 Å². The molecule has 3 rings (SSSR count). The Morgan fingerprint density at radius 1 is 0.510 bits per heavy atom. The minimum Gasteiger partial charge on any atom is -0.490 e. The van der Waals surface area contributed by atoms with Crippen LogP contribution in [0.5, 0.6) is 17.2 Å². The van der Waals surface area contributed by atoms with Gasteiger partial charge in [-0.05, 0) is 84.6 Å². The van der Waals surface area contributed by atoms with E-state index in [0.717, 1.165) is 42.6 Å². The van der Waals surface area contributed by atoms with Crippen molar-refractivity contribution < 1.29 is 23.8 Å². The first-order valence-electron chi connectivity index (χ1n) is 20.4. The SMILES string of the molecule is CC(C)CCC[C@H](C)CCOc1cc(CN2C(=O)c3ccccc3C2=O)cc(OCC[C@@H](C)CCCC(C)C)c1OCC[C@@H](C)CCCC(C)C. The van der Waals surface area contributed by atoms with E-state index in [0.29, 0.717) is 65.9 Å². The largest absolute Gasteiger partial charge is 0.490 e. The van der Waals surface area contributed by atoms with E-state index < -0.39 is 0 Å². The van der Waals surface area contributed by atoms with Crippen molar-refractivity contribution in [3.05, 3.63) is 53.1 Å². The molecule has 1 aliphatic heterocycles. The number of rotatable bonds is 26. The van der Waals surface area contributed by atoms with Crippen LogP contribution in [0.15, 0.2) is 36.4 Å². The zero-order chi connectivity index (χ0) is 37.3. The number of carbonyl (C=O) groups is 2. The van der Waals surface area contributed by atoms with Crippen molar-refractivity contribution in [3.63, 3.8) is 0 Å². The molecule has 51 heavy (non-hydrogen) atoms. The summed E-state index contributed by atoms with van der Waals surface area (Å²) in [7, 11) is 0. The van der Waals surface area contributed by atoms with E-state index in [1.807, 2.05) is 12.1 Å². The summed E-state index contributed by atoms with van der Waals surface area (Å²) >= 11 is 0. The van der Waals surface area contributed by atoms with E-state index in [9.17, 15) is 9.59 Å². The van der Waals surface area contributed by atoms with Gasteiger partial charge in [-0.15, -0.1) is 0 Å². The topological polar surface area (TPSA) is 65.1 Å². The summed E-state index contributed by atoms with van der Waals surface area (Å²) in [6, 6.07) is 11.0. The highest BCUT2D eigenvalue weighted by Crippen LogP contribution is 2.41. The molecule has 0 spiro atoms. The van der Waals surface area contributed by atoms with Crippen molar-refractivity contribution in [2.75, 3.05) is 19.8 Å². The van der Waals surface area contributed by atoms with Gasteiger partial charge < -0.3 is 14.2 Å². The highest BCUT2D eigenvalue weighted by Gasteiger charge is 2.35. The molecule has 0 radical (unpaired) electrons. The Hall–Kier alpha value is -3.02. The van der Waals surface area contributed by atoms with Crippen molar-refractivity contribution in [2.45, 2.75) is 146 Å². The molecule has 0 unspecified atom stereocenters. The number of ether oxygens (including phenoxy) is 3. The molecule has 286 valence electrons. The molecular formula is C45H71NO5. The predicted octanol–water partition coefficient (Wildman–Crippen LogP) is 12.2. The highest BCUT2D eigenvalue weighted by atomic mass is 16.5. The lowest BCUT2D eigenvalue weighted by atomic mass is 9.97. The number of hydrogen-bond donors (Lipinski definition) is 0. The number of amides is 2. The summed E-state index contributed by atoms with van der Waals surface area (Å²) in [5, 5.41) is 0. The average Bonchev–Trinajstić information content (AvgIpc) is 3.30. The van der Waals surface area contributed by atoms with Crippen LogP contribution in [0.3, 0.4) is 0 Å². The fraction of sp³-hybridized carbons (Fsp3) is 0.689. The monoisotopic (exact) mass is 706 g/mol. The van der Waals surface area contributed by atoms with Crippen LogP contribution in [-0.2, 0) is 6.54 Å². The first kappa shape index (κ1) is 42.4. The number of nitrogens with zero attached hydrogens (tertiary/aromatic N) is 1. The minimum absolute atomic E-state index is 0.142. The summed E-state index contributed by atoms with van der Waals surface area (Å²) in [4.78, 5) is 28.0. The van der Waals surface area contributed by atoms with Crippen molar-refractivity contribution in [1.29, 1.82) is 0 Å². The number of carbonyl (C=O) groups excluding carboxylic acids is 2. The van der Waals surface area contributed by atoms with Crippen LogP contribution >= 0.6 is 0 Å². The second-order valence-corrected chi connectivity index (χ2v) is 16.9. The lowest BCUT2D eigenvalue weighted by Gasteiger charge is -2.22. The van der Waals surface area contributed by atoms with Gasteiger partial charge in [-0.2, -0.15) is 0 Å². The fourth-order valence-corrected chi connectivity index (χ4v) is 6.80. The molecule has 6 nitrogen and oxygen atoms in total. The number of imide groups is 1. The Morgan fingerprint density at radius 2 is 0.882 bits per heavy atom. The highest BCUT2D eigenvalue weighted by molar-refractivity contribution is 6.21. The number of hydrogen-bond acceptors (Lipinski definition) is 5. The molecular weight excluding hydrogens is 634 g/mol. The van der Waals surface area contributed by atoms with E-state index in [1.165, 1.54) is 62.7 Å². The Morgan fingerprint density at radius 3 is 1.25 bits per heavy atom. The number of fused-ring (bicyclic) bond motifs is 1. The van der Waals surface area contributed by atoms with Gasteiger partial charge in [0.2, 0.25) is 5.75 Å². The van der Waals surface area contributed by atoms with Gasteiger partial charge in [0.25, 0.3) is 11.8 Å². The van der Waals surface area contributed by atoms with Gasteiger partial charge in [0, 0.05) is 0 Å². The van der Waals surface area contributed by atoms with Crippen molar-refractivity contribution in [1.82, 2.24) is 4.90 Å². The first-order valence-corrected chi connectivity index (χ1v) is 20.4. The first-order chi connectivity index (χ1) is 24.3. The third-order valence-electron chi connectivity index (χ3n) is 10.3. The van der Waals surface area contributed by atoms with Gasteiger partial charge in [0.15, 0.2) is 11.5 Å². The normalized spacial score (nSPS) is 14.8. The van der Waals surface area contributed by atoms with Gasteiger partial charge in [0.1, 0.15) is 0 Å². The molecule has 2 aromatic rings. The Kier molecular flexibility index (Phi) is 18.4. The van der Waals surface area contributed by atoms with Gasteiger partial charge in [-0.25, -0.2) is 0 Å². The van der Waals surface area contributed by atoms with Crippen molar-refractivity contribution in [3.8, 4) is 17.2 Å². The van der Waals surface area contributed by atoms with Crippen molar-refractivity contribution >= 4 is 11.8 Å². The quantitative estimate of drug-likeness (QED) is 0.0912. The van der Waals surface area contributed by atoms with E-state index in [-0.39, 0.29) is 18.4 Å². The Balaban J connectivity index is 1.84. The van der Waals surface area contributed by atoms with Crippen LogP contribution < -0.4 is 14.2 Å². The van der Waals surface area contributed by atoms with E-state index in [2.05, 4.69) is 62.3 Å². The Bertz CT molecular complexity index is 1250. The van der Waals surface area contributed by atoms with Gasteiger partial charge >= 0.3 is 0 Å². The Labute approximate surface area is 311 Å². The van der Waals surface area contributed by atoms with Gasteiger partial charge in [-0.1, -0.05) is 132 Å². The second-order valence-electron chi connectivity index (χ2n) is 16.9. The summed E-state index contributed by atoms with van der Waals surface area (Å²) in [5.41, 5.74) is 1.70. The standard InChI is InChI=1S/C45H71NO5/c1-32(2)15-12-18-35(7)23-26-49-41-29-38(31-46-44(47)39-21-10-11-22-40(39)45(46)48)30-42(50-27-24-36(8)19-13-16-33(3)4)43(41)51-28-25-37(9)20-14-17-34(5)6/h10-11,21-22,29-30,32-37H,12-20,23-28,31H2,1-9H3/t35-,36-,37-/m0/s1. The minimum atomic E-state index is -0.266. The predicted molar refractivity (Wildman–Crippen MR) is 211 cm³/mol. The summed E-state index contributed by atoms with van der Waals surface area (Å²) in [5.74, 6) is 5.19. The summed E-state index contributed by atoms with van der Waals surface area (Å²) < 4.78 is 19.7. The maximum Gasteiger partial charge on any atom is 0.261 e. The van der Waals surface area contributed by atoms with E-state index >= 15 is 0 Å². The molecule has 2 aromatic carbocycles. The van der Waals surface area contributed by atoms with Gasteiger partial charge in [0.05, 0.1) is 37.5 Å². The molecule has 1 aliphatic rings. The average molecular weight is 706 g/mol. The summed E-state index contributed by atoms with van der Waals surface area (Å²) in [6.07, 6.45) is 13.8. The van der Waals surface area contributed by atoms with Crippen LogP contribution in [-0.4, -0.2) is 36.5 Å². The molecule has 6 heteroatoms. The molecule has 0 aliphatic carbocycles. The molecule has 0 N–H and O–H groups in total. The molecule has 0 aromatic heterocycles. The molecule has 2 amide bonds. The third kappa shape index (κ3) is 14.9. The van der Waals surface area contributed by atoms with Crippen LogP contribution in [0, 0.1) is 35.5 Å².